The van der Waals surface area contributed by atoms with Crippen LogP contribution < -0.4 is 4.90 Å². The minimum Gasteiger partial charge on any atom is -0.396 e. The van der Waals surface area contributed by atoms with Crippen LogP contribution in [0.3, 0.4) is 0 Å². The van der Waals surface area contributed by atoms with Crippen LogP contribution in [0.4, 0.5) is 11.5 Å². The van der Waals surface area contributed by atoms with Crippen molar-refractivity contribution in [3.8, 4) is 0 Å². The van der Waals surface area contributed by atoms with Crippen LogP contribution in [0, 0.1) is 16.0 Å². The van der Waals surface area contributed by atoms with Crippen LogP contribution in [-0.2, 0) is 0 Å². The monoisotopic (exact) mass is 251 g/mol. The topological polar surface area (TPSA) is 79.5 Å². The fraction of sp³-hybridized carbons (Fsp3) is 0.583. The Labute approximate surface area is 105 Å². The van der Waals surface area contributed by atoms with Gasteiger partial charge in [-0.25, -0.2) is 4.98 Å². The molecule has 1 aliphatic rings. The van der Waals surface area contributed by atoms with Crippen molar-refractivity contribution in [2.24, 2.45) is 5.92 Å². The van der Waals surface area contributed by atoms with Crippen LogP contribution in [0.2, 0.25) is 0 Å². The first-order valence-corrected chi connectivity index (χ1v) is 6.17. The molecule has 6 nitrogen and oxygen atoms in total. The molecule has 0 atom stereocenters. The van der Waals surface area contributed by atoms with Crippen molar-refractivity contribution in [1.29, 1.82) is 0 Å². The molecule has 6 heteroatoms. The van der Waals surface area contributed by atoms with Gasteiger partial charge in [-0.15, -0.1) is 0 Å². The molecular formula is C12H17N3O3. The highest BCUT2D eigenvalue weighted by Gasteiger charge is 2.20. The molecule has 98 valence electrons. The zero-order chi connectivity index (χ0) is 13.0. The van der Waals surface area contributed by atoms with Gasteiger partial charge in [0.15, 0.2) is 0 Å². The number of nitrogens with zero attached hydrogens (tertiary/aromatic N) is 3. The van der Waals surface area contributed by atoms with Gasteiger partial charge < -0.3 is 10.0 Å². The first-order valence-electron chi connectivity index (χ1n) is 6.17. The van der Waals surface area contributed by atoms with E-state index in [9.17, 15) is 10.1 Å². The Balaban J connectivity index is 1.95. The van der Waals surface area contributed by atoms with Crippen molar-refractivity contribution in [3.63, 3.8) is 0 Å². The van der Waals surface area contributed by atoms with Crippen molar-refractivity contribution >= 4 is 11.5 Å². The fourth-order valence-corrected chi connectivity index (χ4v) is 2.31. The van der Waals surface area contributed by atoms with Gasteiger partial charge >= 0.3 is 0 Å². The molecule has 0 spiro atoms. The molecular weight excluding hydrogens is 234 g/mol. The van der Waals surface area contributed by atoms with Crippen LogP contribution in [-0.4, -0.2) is 34.7 Å². The summed E-state index contributed by atoms with van der Waals surface area (Å²) < 4.78 is 0. The van der Waals surface area contributed by atoms with Gasteiger partial charge in [-0.2, -0.15) is 0 Å². The normalized spacial score (nSPS) is 16.8. The van der Waals surface area contributed by atoms with Gasteiger partial charge in [-0.1, -0.05) is 0 Å². The predicted molar refractivity (Wildman–Crippen MR) is 67.5 cm³/mol. The van der Waals surface area contributed by atoms with E-state index in [1.165, 1.54) is 12.3 Å². The van der Waals surface area contributed by atoms with E-state index >= 15 is 0 Å². The van der Waals surface area contributed by atoms with E-state index in [-0.39, 0.29) is 12.3 Å². The number of rotatable bonds is 4. The molecule has 1 N–H and O–H groups in total. The Morgan fingerprint density at radius 2 is 2.17 bits per heavy atom. The Morgan fingerprint density at radius 1 is 1.44 bits per heavy atom. The minimum absolute atomic E-state index is 0.0221. The molecule has 18 heavy (non-hydrogen) atoms. The maximum absolute atomic E-state index is 10.5. The van der Waals surface area contributed by atoms with E-state index in [2.05, 4.69) is 9.88 Å². The summed E-state index contributed by atoms with van der Waals surface area (Å²) in [4.78, 5) is 16.4. The largest absolute Gasteiger partial charge is 0.396 e. The quantitative estimate of drug-likeness (QED) is 0.649. The zero-order valence-corrected chi connectivity index (χ0v) is 10.2. The third-order valence-corrected chi connectivity index (χ3v) is 3.42. The molecule has 2 rings (SSSR count). The van der Waals surface area contributed by atoms with Crippen molar-refractivity contribution in [3.05, 3.63) is 28.4 Å². The summed E-state index contributed by atoms with van der Waals surface area (Å²) in [7, 11) is 0. The smallest absolute Gasteiger partial charge is 0.287 e. The molecule has 1 aromatic heterocycles. The highest BCUT2D eigenvalue weighted by molar-refractivity contribution is 5.43. The van der Waals surface area contributed by atoms with Crippen LogP contribution in [0.5, 0.6) is 0 Å². The molecule has 1 aromatic rings. The van der Waals surface area contributed by atoms with Crippen LogP contribution in [0.25, 0.3) is 0 Å². The van der Waals surface area contributed by atoms with Crippen LogP contribution in [0.15, 0.2) is 18.3 Å². The van der Waals surface area contributed by atoms with Crippen LogP contribution >= 0.6 is 0 Å². The summed E-state index contributed by atoms with van der Waals surface area (Å²) in [5.74, 6) is 1.38. The van der Waals surface area contributed by atoms with Gasteiger partial charge in [0.1, 0.15) is 12.0 Å². The highest BCUT2D eigenvalue weighted by atomic mass is 16.6. The Kier molecular flexibility index (Phi) is 4.09. The maximum atomic E-state index is 10.5. The maximum Gasteiger partial charge on any atom is 0.287 e. The van der Waals surface area contributed by atoms with Crippen molar-refractivity contribution in [1.82, 2.24) is 4.98 Å². The first kappa shape index (κ1) is 12.8. The lowest BCUT2D eigenvalue weighted by atomic mass is 9.94. The van der Waals surface area contributed by atoms with Gasteiger partial charge in [0.05, 0.1) is 4.92 Å². The lowest BCUT2D eigenvalue weighted by molar-refractivity contribution is -0.385. The number of aromatic nitrogens is 1. The van der Waals surface area contributed by atoms with Crippen molar-refractivity contribution in [2.75, 3.05) is 24.6 Å². The second-order valence-corrected chi connectivity index (χ2v) is 4.57. The Hall–Kier alpha value is -1.69. The van der Waals surface area contributed by atoms with Gasteiger partial charge in [0.25, 0.3) is 5.69 Å². The lowest BCUT2D eigenvalue weighted by Crippen LogP contribution is -2.34. The molecule has 1 saturated heterocycles. The molecule has 0 unspecified atom stereocenters. The molecule has 0 saturated carbocycles. The lowest BCUT2D eigenvalue weighted by Gasteiger charge is -2.32. The van der Waals surface area contributed by atoms with Crippen LogP contribution in [0.1, 0.15) is 19.3 Å². The second kappa shape index (κ2) is 5.77. The molecule has 2 heterocycles. The average molecular weight is 251 g/mol. The zero-order valence-electron chi connectivity index (χ0n) is 10.2. The highest BCUT2D eigenvalue weighted by Crippen LogP contribution is 2.24. The van der Waals surface area contributed by atoms with Gasteiger partial charge in [0.2, 0.25) is 0 Å². The number of piperidine rings is 1. The third-order valence-electron chi connectivity index (χ3n) is 3.42. The van der Waals surface area contributed by atoms with E-state index in [0.29, 0.717) is 5.92 Å². The number of pyridine rings is 1. The van der Waals surface area contributed by atoms with Crippen molar-refractivity contribution in [2.45, 2.75) is 19.3 Å². The SMILES string of the molecule is O=[N+]([O-])c1ccc(N2CCC(CCO)CC2)nc1. The summed E-state index contributed by atoms with van der Waals surface area (Å²) in [5.41, 5.74) is 0.0221. The number of hydrogen-bond donors (Lipinski definition) is 1. The Morgan fingerprint density at radius 3 is 2.67 bits per heavy atom. The number of aliphatic hydroxyl groups is 1. The molecule has 0 radical (unpaired) electrons. The number of aliphatic hydroxyl groups excluding tert-OH is 1. The van der Waals surface area contributed by atoms with E-state index in [0.717, 1.165) is 38.2 Å². The summed E-state index contributed by atoms with van der Waals surface area (Å²) in [6.45, 7) is 2.05. The summed E-state index contributed by atoms with van der Waals surface area (Å²) in [6.07, 6.45) is 4.25. The van der Waals surface area contributed by atoms with E-state index < -0.39 is 4.92 Å². The summed E-state index contributed by atoms with van der Waals surface area (Å²) >= 11 is 0. The van der Waals surface area contributed by atoms with E-state index in [4.69, 9.17) is 5.11 Å². The molecule has 0 aromatic carbocycles. The molecule has 0 aliphatic carbocycles. The predicted octanol–water partition coefficient (Wildman–Crippen LogP) is 1.59. The van der Waals surface area contributed by atoms with Gasteiger partial charge in [-0.3, -0.25) is 10.1 Å². The van der Waals surface area contributed by atoms with Gasteiger partial charge in [0, 0.05) is 25.8 Å². The summed E-state index contributed by atoms with van der Waals surface area (Å²) in [6, 6.07) is 3.19. The average Bonchev–Trinajstić information content (AvgIpc) is 2.40. The Bertz CT molecular complexity index is 400. The fourth-order valence-electron chi connectivity index (χ4n) is 2.31. The number of anilines is 1. The molecule has 1 aliphatic heterocycles. The van der Waals surface area contributed by atoms with E-state index in [1.807, 2.05) is 0 Å². The van der Waals surface area contributed by atoms with Gasteiger partial charge in [-0.05, 0) is 31.2 Å². The minimum atomic E-state index is -0.440. The molecule has 0 amide bonds. The molecule has 0 bridgehead atoms. The number of nitro groups is 1. The molecule has 1 fully saturated rings. The summed E-state index contributed by atoms with van der Waals surface area (Å²) in [5, 5.41) is 19.4. The number of hydrogen-bond acceptors (Lipinski definition) is 5. The first-order chi connectivity index (χ1) is 8.70. The third kappa shape index (κ3) is 2.95. The van der Waals surface area contributed by atoms with E-state index in [1.54, 1.807) is 6.07 Å². The second-order valence-electron chi connectivity index (χ2n) is 4.57. The standard InChI is InChI=1S/C12H17N3O3/c16-8-5-10-3-6-14(7-4-10)12-2-1-11(9-13-12)15(17)18/h1-2,9-10,16H,3-8H2. The van der Waals surface area contributed by atoms with Crippen molar-refractivity contribution < 1.29 is 10.0 Å².